The quantitative estimate of drug-likeness (QED) is 0.744. The van der Waals surface area contributed by atoms with Gasteiger partial charge in [0.15, 0.2) is 0 Å². The summed E-state index contributed by atoms with van der Waals surface area (Å²) in [5, 5.41) is 14.7. The number of aromatic nitrogens is 2. The minimum absolute atomic E-state index is 0.0899. The van der Waals surface area contributed by atoms with Crippen molar-refractivity contribution >= 4 is 15.7 Å². The summed E-state index contributed by atoms with van der Waals surface area (Å²) >= 11 is 0. The molecule has 1 heterocycles. The second-order valence-electron chi connectivity index (χ2n) is 3.51. The van der Waals surface area contributed by atoms with Crippen molar-refractivity contribution in [3.63, 3.8) is 0 Å². The summed E-state index contributed by atoms with van der Waals surface area (Å²) in [7, 11) is -3.66. The number of nitrogens with two attached hydrogens (primary N) is 1. The predicted molar refractivity (Wildman–Crippen MR) is 63.7 cm³/mol. The number of benzene rings is 1. The average molecular weight is 252 g/mol. The lowest BCUT2D eigenvalue weighted by atomic mass is 10.3. The van der Waals surface area contributed by atoms with Gasteiger partial charge in [-0.3, -0.25) is 5.10 Å². The number of primary sulfonamides is 1. The van der Waals surface area contributed by atoms with E-state index in [1.54, 1.807) is 18.3 Å². The molecule has 0 spiro atoms. The average Bonchev–Trinajstić information content (AvgIpc) is 2.78. The molecule has 6 nitrogen and oxygen atoms in total. The highest BCUT2D eigenvalue weighted by molar-refractivity contribution is 7.89. The fourth-order valence-electron chi connectivity index (χ4n) is 1.36. The second-order valence-corrected chi connectivity index (χ2v) is 5.07. The Morgan fingerprint density at radius 3 is 2.82 bits per heavy atom. The number of rotatable bonds is 4. The van der Waals surface area contributed by atoms with Crippen molar-refractivity contribution in [1.82, 2.24) is 10.2 Å². The van der Waals surface area contributed by atoms with Crippen LogP contribution < -0.4 is 10.5 Å². The summed E-state index contributed by atoms with van der Waals surface area (Å²) in [6.07, 6.45) is 1.65. The third kappa shape index (κ3) is 3.05. The number of nitrogens with one attached hydrogen (secondary N) is 2. The minimum atomic E-state index is -3.66. The molecule has 0 aliphatic rings. The van der Waals surface area contributed by atoms with Crippen LogP contribution in [-0.2, 0) is 16.6 Å². The molecule has 2 rings (SSSR count). The summed E-state index contributed by atoms with van der Waals surface area (Å²) in [6.45, 7) is 0.536. The van der Waals surface area contributed by atoms with Gasteiger partial charge < -0.3 is 5.32 Å². The van der Waals surface area contributed by atoms with Gasteiger partial charge in [-0.05, 0) is 24.3 Å². The maximum atomic E-state index is 11.2. The molecule has 0 bridgehead atoms. The second kappa shape index (κ2) is 4.56. The molecule has 0 aliphatic heterocycles. The van der Waals surface area contributed by atoms with Crippen molar-refractivity contribution in [2.24, 2.45) is 5.14 Å². The van der Waals surface area contributed by atoms with Gasteiger partial charge in [-0.1, -0.05) is 6.07 Å². The Morgan fingerprint density at radius 2 is 2.18 bits per heavy atom. The zero-order chi connectivity index (χ0) is 12.3. The fourth-order valence-corrected chi connectivity index (χ4v) is 1.92. The molecule has 0 saturated carbocycles. The molecule has 90 valence electrons. The highest BCUT2D eigenvalue weighted by atomic mass is 32.2. The molecule has 0 amide bonds. The van der Waals surface area contributed by atoms with Crippen LogP contribution in [0.2, 0.25) is 0 Å². The first kappa shape index (κ1) is 11.6. The van der Waals surface area contributed by atoms with Crippen LogP contribution in [0, 0.1) is 0 Å². The first-order chi connectivity index (χ1) is 8.05. The number of sulfonamides is 1. The zero-order valence-corrected chi connectivity index (χ0v) is 9.74. The topological polar surface area (TPSA) is 101 Å². The standard InChI is InChI=1S/C10H12N4O2S/c11-17(15,16)10-3-1-2-8(6-10)12-7-9-4-5-13-14-9/h1-6,12H,7H2,(H,13,14)(H2,11,15,16). The zero-order valence-electron chi connectivity index (χ0n) is 8.92. The first-order valence-electron chi connectivity index (χ1n) is 4.91. The lowest BCUT2D eigenvalue weighted by Crippen LogP contribution is -2.12. The van der Waals surface area contributed by atoms with E-state index in [-0.39, 0.29) is 4.90 Å². The summed E-state index contributed by atoms with van der Waals surface area (Å²) in [6, 6.07) is 8.18. The maximum Gasteiger partial charge on any atom is 0.238 e. The van der Waals surface area contributed by atoms with Gasteiger partial charge in [0.1, 0.15) is 0 Å². The first-order valence-corrected chi connectivity index (χ1v) is 6.45. The van der Waals surface area contributed by atoms with Crippen LogP contribution in [-0.4, -0.2) is 18.6 Å². The molecule has 0 radical (unpaired) electrons. The molecular formula is C10H12N4O2S. The number of nitrogens with zero attached hydrogens (tertiary/aromatic N) is 1. The highest BCUT2D eigenvalue weighted by Gasteiger charge is 2.07. The van der Waals surface area contributed by atoms with Gasteiger partial charge in [0.25, 0.3) is 0 Å². The van der Waals surface area contributed by atoms with Gasteiger partial charge in [0.05, 0.1) is 17.1 Å². The molecule has 7 heteroatoms. The Kier molecular flexibility index (Phi) is 3.12. The van der Waals surface area contributed by atoms with Gasteiger partial charge in [-0.25, -0.2) is 13.6 Å². The fraction of sp³-hybridized carbons (Fsp3) is 0.100. The predicted octanol–water partition coefficient (Wildman–Crippen LogP) is 0.669. The van der Waals surface area contributed by atoms with E-state index >= 15 is 0 Å². The number of aromatic amines is 1. The van der Waals surface area contributed by atoms with Crippen molar-refractivity contribution in [2.75, 3.05) is 5.32 Å². The molecule has 1 aromatic carbocycles. The molecule has 0 unspecified atom stereocenters. The number of anilines is 1. The molecule has 0 atom stereocenters. The number of hydrogen-bond donors (Lipinski definition) is 3. The summed E-state index contributed by atoms with van der Waals surface area (Å²) in [5.41, 5.74) is 1.59. The number of H-pyrrole nitrogens is 1. The van der Waals surface area contributed by atoms with E-state index in [9.17, 15) is 8.42 Å². The lowest BCUT2D eigenvalue weighted by Gasteiger charge is -2.06. The molecular weight excluding hydrogens is 240 g/mol. The minimum Gasteiger partial charge on any atom is -0.379 e. The van der Waals surface area contributed by atoms with E-state index in [0.29, 0.717) is 12.2 Å². The van der Waals surface area contributed by atoms with Crippen molar-refractivity contribution in [3.8, 4) is 0 Å². The lowest BCUT2D eigenvalue weighted by molar-refractivity contribution is 0.598. The van der Waals surface area contributed by atoms with Crippen LogP contribution in [0.25, 0.3) is 0 Å². The maximum absolute atomic E-state index is 11.2. The van der Waals surface area contributed by atoms with Gasteiger partial charge in [-0.2, -0.15) is 5.10 Å². The van der Waals surface area contributed by atoms with Crippen LogP contribution in [0.4, 0.5) is 5.69 Å². The largest absolute Gasteiger partial charge is 0.379 e. The summed E-state index contributed by atoms with van der Waals surface area (Å²) in [4.78, 5) is 0.0899. The van der Waals surface area contributed by atoms with Crippen molar-refractivity contribution in [3.05, 3.63) is 42.2 Å². The van der Waals surface area contributed by atoms with E-state index in [1.807, 2.05) is 6.07 Å². The molecule has 0 aliphatic carbocycles. The molecule has 0 fully saturated rings. The van der Waals surface area contributed by atoms with E-state index < -0.39 is 10.0 Å². The molecule has 2 aromatic rings. The van der Waals surface area contributed by atoms with Crippen LogP contribution in [0.5, 0.6) is 0 Å². The molecule has 1 aromatic heterocycles. The smallest absolute Gasteiger partial charge is 0.238 e. The highest BCUT2D eigenvalue weighted by Crippen LogP contribution is 2.14. The molecule has 0 saturated heterocycles. The summed E-state index contributed by atoms with van der Waals surface area (Å²) < 4.78 is 22.3. The Bertz CT molecular complexity index is 593. The van der Waals surface area contributed by atoms with E-state index in [0.717, 1.165) is 5.69 Å². The SMILES string of the molecule is NS(=O)(=O)c1cccc(NCc2ccn[nH]2)c1. The molecule has 4 N–H and O–H groups in total. The van der Waals surface area contributed by atoms with Gasteiger partial charge in [0, 0.05) is 11.9 Å². The third-order valence-corrected chi connectivity index (χ3v) is 3.11. The van der Waals surface area contributed by atoms with Crippen LogP contribution in [0.15, 0.2) is 41.4 Å². The third-order valence-electron chi connectivity index (χ3n) is 2.20. The van der Waals surface area contributed by atoms with Gasteiger partial charge >= 0.3 is 0 Å². The number of hydrogen-bond acceptors (Lipinski definition) is 4. The van der Waals surface area contributed by atoms with Crippen molar-refractivity contribution in [1.29, 1.82) is 0 Å². The van der Waals surface area contributed by atoms with E-state index in [4.69, 9.17) is 5.14 Å². The van der Waals surface area contributed by atoms with Crippen molar-refractivity contribution in [2.45, 2.75) is 11.4 Å². The van der Waals surface area contributed by atoms with Crippen LogP contribution in [0.3, 0.4) is 0 Å². The van der Waals surface area contributed by atoms with E-state index in [2.05, 4.69) is 15.5 Å². The molecule has 17 heavy (non-hydrogen) atoms. The Balaban J connectivity index is 2.12. The van der Waals surface area contributed by atoms with Crippen LogP contribution in [0.1, 0.15) is 5.69 Å². The Hall–Kier alpha value is -1.86. The van der Waals surface area contributed by atoms with Gasteiger partial charge in [0.2, 0.25) is 10.0 Å². The van der Waals surface area contributed by atoms with Crippen LogP contribution >= 0.6 is 0 Å². The van der Waals surface area contributed by atoms with Gasteiger partial charge in [-0.15, -0.1) is 0 Å². The Morgan fingerprint density at radius 1 is 1.35 bits per heavy atom. The summed E-state index contributed by atoms with van der Waals surface area (Å²) in [5.74, 6) is 0. The van der Waals surface area contributed by atoms with E-state index in [1.165, 1.54) is 12.1 Å². The Labute approximate surface area is 98.9 Å². The van der Waals surface area contributed by atoms with Crippen molar-refractivity contribution < 1.29 is 8.42 Å². The normalized spacial score (nSPS) is 11.4. The monoisotopic (exact) mass is 252 g/mol.